The van der Waals surface area contributed by atoms with Gasteiger partial charge in [0.1, 0.15) is 6.61 Å². The Morgan fingerprint density at radius 1 is 1.35 bits per heavy atom. The molecule has 0 radical (unpaired) electrons. The molecule has 0 aliphatic heterocycles. The quantitative estimate of drug-likeness (QED) is 0.769. The van der Waals surface area contributed by atoms with Crippen LogP contribution in [-0.2, 0) is 0 Å². The zero-order valence-electron chi connectivity index (χ0n) is 11.0. The molecule has 0 spiro atoms. The van der Waals surface area contributed by atoms with Crippen molar-refractivity contribution in [1.82, 2.24) is 5.32 Å². The van der Waals surface area contributed by atoms with E-state index >= 15 is 0 Å². The second-order valence-electron chi connectivity index (χ2n) is 3.80. The standard InChI is InChI=1S/C14H21NO2/c1-5-6-9-17-13-8-7-12(11(2)15-3)10-14(13)16-4/h5-8,10-11,15H,9H2,1-4H3/b6-5+. The van der Waals surface area contributed by atoms with Crippen molar-refractivity contribution in [2.75, 3.05) is 20.8 Å². The van der Waals surface area contributed by atoms with E-state index in [1.807, 2.05) is 38.3 Å². The van der Waals surface area contributed by atoms with Crippen LogP contribution in [0.3, 0.4) is 0 Å². The Hall–Kier alpha value is -1.48. The van der Waals surface area contributed by atoms with Crippen LogP contribution in [0.25, 0.3) is 0 Å². The van der Waals surface area contributed by atoms with Crippen molar-refractivity contribution in [2.45, 2.75) is 19.9 Å². The molecular formula is C14H21NO2. The van der Waals surface area contributed by atoms with Gasteiger partial charge in [0.15, 0.2) is 11.5 Å². The highest BCUT2D eigenvalue weighted by Crippen LogP contribution is 2.30. The Morgan fingerprint density at radius 2 is 2.12 bits per heavy atom. The van der Waals surface area contributed by atoms with Gasteiger partial charge in [-0.25, -0.2) is 0 Å². The number of hydrogen-bond acceptors (Lipinski definition) is 3. The largest absolute Gasteiger partial charge is 0.493 e. The molecule has 94 valence electrons. The second kappa shape index (κ2) is 6.97. The lowest BCUT2D eigenvalue weighted by Gasteiger charge is -2.14. The average molecular weight is 235 g/mol. The normalized spacial score (nSPS) is 12.7. The van der Waals surface area contributed by atoms with Gasteiger partial charge < -0.3 is 14.8 Å². The summed E-state index contributed by atoms with van der Waals surface area (Å²) >= 11 is 0. The van der Waals surface area contributed by atoms with Crippen LogP contribution in [-0.4, -0.2) is 20.8 Å². The third-order valence-corrected chi connectivity index (χ3v) is 2.69. The summed E-state index contributed by atoms with van der Waals surface area (Å²) in [5, 5.41) is 3.20. The third kappa shape index (κ3) is 3.79. The minimum atomic E-state index is 0.300. The molecule has 0 heterocycles. The Kier molecular flexibility index (Phi) is 5.57. The molecule has 1 aromatic rings. The first-order valence-electron chi connectivity index (χ1n) is 5.82. The molecule has 0 aromatic heterocycles. The van der Waals surface area contributed by atoms with Gasteiger partial charge in [-0.15, -0.1) is 0 Å². The number of allylic oxidation sites excluding steroid dienone is 1. The van der Waals surface area contributed by atoms with Gasteiger partial charge in [0.05, 0.1) is 7.11 Å². The highest BCUT2D eigenvalue weighted by atomic mass is 16.5. The fraction of sp³-hybridized carbons (Fsp3) is 0.429. The van der Waals surface area contributed by atoms with E-state index in [4.69, 9.17) is 9.47 Å². The number of methoxy groups -OCH3 is 1. The van der Waals surface area contributed by atoms with Gasteiger partial charge in [0, 0.05) is 6.04 Å². The van der Waals surface area contributed by atoms with E-state index in [0.29, 0.717) is 12.6 Å². The van der Waals surface area contributed by atoms with E-state index in [0.717, 1.165) is 11.5 Å². The number of benzene rings is 1. The molecule has 1 aromatic carbocycles. The second-order valence-corrected chi connectivity index (χ2v) is 3.80. The van der Waals surface area contributed by atoms with Crippen LogP contribution in [0.2, 0.25) is 0 Å². The maximum atomic E-state index is 5.60. The zero-order valence-corrected chi connectivity index (χ0v) is 11.0. The maximum absolute atomic E-state index is 5.60. The topological polar surface area (TPSA) is 30.5 Å². The smallest absolute Gasteiger partial charge is 0.161 e. The summed E-state index contributed by atoms with van der Waals surface area (Å²) < 4.78 is 10.9. The summed E-state index contributed by atoms with van der Waals surface area (Å²) in [6.07, 6.45) is 3.92. The van der Waals surface area contributed by atoms with E-state index in [9.17, 15) is 0 Å². The van der Waals surface area contributed by atoms with Crippen LogP contribution >= 0.6 is 0 Å². The van der Waals surface area contributed by atoms with Gasteiger partial charge in [0.2, 0.25) is 0 Å². The lowest BCUT2D eigenvalue weighted by molar-refractivity contribution is 0.325. The van der Waals surface area contributed by atoms with Crippen LogP contribution in [0, 0.1) is 0 Å². The van der Waals surface area contributed by atoms with E-state index in [1.54, 1.807) is 7.11 Å². The van der Waals surface area contributed by atoms with Gasteiger partial charge >= 0.3 is 0 Å². The molecule has 0 aliphatic rings. The molecule has 1 rings (SSSR count). The average Bonchev–Trinajstić information content (AvgIpc) is 2.38. The Labute approximate surface area is 103 Å². The number of ether oxygens (including phenoxy) is 2. The molecular weight excluding hydrogens is 214 g/mol. The third-order valence-electron chi connectivity index (χ3n) is 2.69. The van der Waals surface area contributed by atoms with Crippen LogP contribution in [0.15, 0.2) is 30.4 Å². The molecule has 1 unspecified atom stereocenters. The van der Waals surface area contributed by atoms with Crippen molar-refractivity contribution in [1.29, 1.82) is 0 Å². The lowest BCUT2D eigenvalue weighted by atomic mass is 10.1. The molecule has 0 fully saturated rings. The monoisotopic (exact) mass is 235 g/mol. The zero-order chi connectivity index (χ0) is 12.7. The summed E-state index contributed by atoms with van der Waals surface area (Å²) in [7, 11) is 3.60. The van der Waals surface area contributed by atoms with Gasteiger partial charge in [-0.1, -0.05) is 18.2 Å². The van der Waals surface area contributed by atoms with Gasteiger partial charge in [-0.3, -0.25) is 0 Å². The van der Waals surface area contributed by atoms with Crippen LogP contribution in [0.5, 0.6) is 11.5 Å². The van der Waals surface area contributed by atoms with Crippen molar-refractivity contribution in [3.8, 4) is 11.5 Å². The summed E-state index contributed by atoms with van der Waals surface area (Å²) in [4.78, 5) is 0. The van der Waals surface area contributed by atoms with E-state index in [-0.39, 0.29) is 0 Å². The summed E-state index contributed by atoms with van der Waals surface area (Å²) in [5.74, 6) is 1.55. The molecule has 17 heavy (non-hydrogen) atoms. The first-order chi connectivity index (χ1) is 8.22. The first-order valence-corrected chi connectivity index (χ1v) is 5.82. The fourth-order valence-electron chi connectivity index (χ4n) is 1.47. The lowest BCUT2D eigenvalue weighted by Crippen LogP contribution is -2.12. The maximum Gasteiger partial charge on any atom is 0.161 e. The molecule has 3 heteroatoms. The molecule has 0 aliphatic carbocycles. The summed E-state index contributed by atoms with van der Waals surface area (Å²) in [5.41, 5.74) is 1.18. The van der Waals surface area contributed by atoms with Crippen molar-refractivity contribution < 1.29 is 9.47 Å². The van der Waals surface area contributed by atoms with E-state index < -0.39 is 0 Å². The van der Waals surface area contributed by atoms with Gasteiger partial charge in [-0.05, 0) is 38.6 Å². The van der Waals surface area contributed by atoms with Crippen LogP contribution < -0.4 is 14.8 Å². The Bertz CT molecular complexity index is 374. The van der Waals surface area contributed by atoms with Crippen LogP contribution in [0.1, 0.15) is 25.5 Å². The molecule has 0 bridgehead atoms. The SMILES string of the molecule is C/C=C/COc1ccc(C(C)NC)cc1OC. The minimum absolute atomic E-state index is 0.300. The summed E-state index contributed by atoms with van der Waals surface area (Å²) in [6, 6.07) is 6.31. The van der Waals surface area contributed by atoms with E-state index in [1.165, 1.54) is 5.56 Å². The molecule has 0 saturated heterocycles. The van der Waals surface area contributed by atoms with E-state index in [2.05, 4.69) is 18.3 Å². The first kappa shape index (κ1) is 13.6. The van der Waals surface area contributed by atoms with Crippen molar-refractivity contribution in [3.05, 3.63) is 35.9 Å². The highest BCUT2D eigenvalue weighted by Gasteiger charge is 2.08. The number of hydrogen-bond donors (Lipinski definition) is 1. The highest BCUT2D eigenvalue weighted by molar-refractivity contribution is 5.43. The molecule has 0 amide bonds. The van der Waals surface area contributed by atoms with Gasteiger partial charge in [0.25, 0.3) is 0 Å². The Morgan fingerprint density at radius 3 is 2.71 bits per heavy atom. The van der Waals surface area contributed by atoms with Crippen LogP contribution in [0.4, 0.5) is 0 Å². The molecule has 1 atom stereocenters. The summed E-state index contributed by atoms with van der Waals surface area (Å²) in [6.45, 7) is 4.64. The van der Waals surface area contributed by atoms with Gasteiger partial charge in [-0.2, -0.15) is 0 Å². The van der Waals surface area contributed by atoms with Crippen molar-refractivity contribution in [3.63, 3.8) is 0 Å². The molecule has 0 saturated carbocycles. The van der Waals surface area contributed by atoms with Crippen molar-refractivity contribution in [2.24, 2.45) is 0 Å². The fourth-order valence-corrected chi connectivity index (χ4v) is 1.47. The predicted octanol–water partition coefficient (Wildman–Crippen LogP) is 2.93. The molecule has 1 N–H and O–H groups in total. The van der Waals surface area contributed by atoms with Crippen molar-refractivity contribution >= 4 is 0 Å². The number of nitrogens with one attached hydrogen (secondary N) is 1. The Balaban J connectivity index is 2.85. The molecule has 3 nitrogen and oxygen atoms in total. The minimum Gasteiger partial charge on any atom is -0.493 e. The predicted molar refractivity (Wildman–Crippen MR) is 70.8 cm³/mol. The number of rotatable bonds is 6.